The SMILES string of the molecule is CC(C)c1ccccc1C([N-]c1c(C(C)C)cccc1C(C)C)c1cccc(-c2[c-]ccc3ccccc23)n1.[CH2-]C.[Hf]. The van der Waals surface area contributed by atoms with Gasteiger partial charge >= 0.3 is 0 Å². The molecule has 5 aromatic rings. The number of para-hydroxylation sites is 1. The summed E-state index contributed by atoms with van der Waals surface area (Å²) in [5.41, 5.74) is 9.10. The fraction of sp³-hybridized carbons (Fsp3) is 0.282. The minimum Gasteiger partial charge on any atom is -0.673 e. The van der Waals surface area contributed by atoms with Gasteiger partial charge < -0.3 is 17.2 Å². The summed E-state index contributed by atoms with van der Waals surface area (Å²) in [6, 6.07) is 37.5. The first-order valence-corrected chi connectivity index (χ1v) is 14.8. The maximum absolute atomic E-state index is 5.61. The van der Waals surface area contributed by atoms with E-state index in [0.717, 1.165) is 28.0 Å². The van der Waals surface area contributed by atoms with Crippen LogP contribution in [0.1, 0.15) is 100 Å². The van der Waals surface area contributed by atoms with Gasteiger partial charge in [0.1, 0.15) is 0 Å². The van der Waals surface area contributed by atoms with E-state index in [2.05, 4.69) is 146 Å². The van der Waals surface area contributed by atoms with Crippen LogP contribution in [0.5, 0.6) is 0 Å². The average molecular weight is 718 g/mol. The summed E-state index contributed by atoms with van der Waals surface area (Å²) in [7, 11) is 0. The molecule has 1 aromatic heterocycles. The number of pyridine rings is 1. The predicted molar refractivity (Wildman–Crippen MR) is 177 cm³/mol. The van der Waals surface area contributed by atoms with Crippen LogP contribution < -0.4 is 0 Å². The molecule has 0 aliphatic heterocycles. The Bertz CT molecular complexity index is 1550. The van der Waals surface area contributed by atoms with Gasteiger partial charge in [-0.1, -0.05) is 142 Å². The van der Waals surface area contributed by atoms with Crippen LogP contribution in [0.15, 0.2) is 97.1 Å². The minimum atomic E-state index is -0.226. The smallest absolute Gasteiger partial charge is 0.0195 e. The normalized spacial score (nSPS) is 11.7. The summed E-state index contributed by atoms with van der Waals surface area (Å²) in [5.74, 6) is 1.11. The molecule has 0 saturated heterocycles. The Morgan fingerprint density at radius 3 is 1.81 bits per heavy atom. The number of hydrogen-bond donors (Lipinski definition) is 0. The Balaban J connectivity index is 0.00000158. The van der Waals surface area contributed by atoms with Crippen molar-refractivity contribution >= 4 is 16.5 Å². The maximum Gasteiger partial charge on any atom is 0.0195 e. The minimum absolute atomic E-state index is 0. The number of hydrogen-bond acceptors (Lipinski definition) is 1. The molecule has 42 heavy (non-hydrogen) atoms. The van der Waals surface area contributed by atoms with Crippen molar-refractivity contribution in [2.75, 3.05) is 0 Å². The van der Waals surface area contributed by atoms with Gasteiger partial charge in [0.25, 0.3) is 0 Å². The first-order valence-electron chi connectivity index (χ1n) is 14.8. The van der Waals surface area contributed by atoms with Crippen LogP contribution in [-0.4, -0.2) is 4.98 Å². The number of rotatable bonds is 8. The molecule has 5 rings (SSSR count). The Kier molecular flexibility index (Phi) is 12.3. The third-order valence-corrected chi connectivity index (χ3v) is 7.54. The first kappa shape index (κ1) is 33.5. The fourth-order valence-electron chi connectivity index (χ4n) is 5.49. The van der Waals surface area contributed by atoms with Gasteiger partial charge in [0.15, 0.2) is 0 Å². The summed E-state index contributed by atoms with van der Waals surface area (Å²) in [6.07, 6.45) is 0. The molecule has 0 radical (unpaired) electrons. The standard InChI is InChI=1S/C37H38N2.C2H5.Hf/c1-24(2)28-16-9-10-18-33(28)37(39-36-29(25(3)4)19-12-20-30(36)26(5)6)35-23-13-22-34(38-35)32-21-11-15-27-14-7-8-17-31(27)32;1-2;/h7-20,22-26,37H,1-6H3;1H2,2H3;/q-2;-1;. The molecule has 0 saturated carbocycles. The zero-order valence-electron chi connectivity index (χ0n) is 26.1. The van der Waals surface area contributed by atoms with Crippen molar-refractivity contribution in [2.45, 2.75) is 72.3 Å². The Hall–Kier alpha value is -3.04. The second kappa shape index (κ2) is 15.4. The molecule has 1 heterocycles. The summed E-state index contributed by atoms with van der Waals surface area (Å²) in [4.78, 5) is 5.29. The van der Waals surface area contributed by atoms with E-state index >= 15 is 0 Å². The molecule has 1 unspecified atom stereocenters. The third kappa shape index (κ3) is 7.29. The molecule has 2 nitrogen and oxygen atoms in total. The summed E-state index contributed by atoms with van der Waals surface area (Å²) in [6.45, 7) is 18.5. The van der Waals surface area contributed by atoms with Crippen LogP contribution in [0.2, 0.25) is 0 Å². The Morgan fingerprint density at radius 1 is 0.619 bits per heavy atom. The molecule has 0 aliphatic rings. The largest absolute Gasteiger partial charge is 0.673 e. The zero-order valence-corrected chi connectivity index (χ0v) is 29.7. The molecule has 0 aliphatic carbocycles. The van der Waals surface area contributed by atoms with E-state index in [1.807, 2.05) is 6.07 Å². The van der Waals surface area contributed by atoms with E-state index < -0.39 is 0 Å². The van der Waals surface area contributed by atoms with E-state index in [1.165, 1.54) is 27.6 Å². The van der Waals surface area contributed by atoms with Gasteiger partial charge in [-0.2, -0.15) is 6.92 Å². The molecule has 0 bridgehead atoms. The van der Waals surface area contributed by atoms with E-state index in [-0.39, 0.29) is 31.9 Å². The first-order chi connectivity index (χ1) is 19.8. The molecule has 216 valence electrons. The van der Waals surface area contributed by atoms with Crippen LogP contribution >= 0.6 is 0 Å². The van der Waals surface area contributed by atoms with Gasteiger partial charge in [-0.15, -0.1) is 34.8 Å². The van der Waals surface area contributed by atoms with Crippen molar-refractivity contribution < 1.29 is 25.8 Å². The third-order valence-electron chi connectivity index (χ3n) is 7.54. The van der Waals surface area contributed by atoms with Gasteiger partial charge in [0.05, 0.1) is 0 Å². The number of fused-ring (bicyclic) bond motifs is 1. The van der Waals surface area contributed by atoms with E-state index in [4.69, 9.17) is 10.3 Å². The van der Waals surface area contributed by atoms with Gasteiger partial charge in [-0.25, -0.2) is 0 Å². The quantitative estimate of drug-likeness (QED) is 0.116. The molecule has 4 aromatic carbocycles. The second-order valence-electron chi connectivity index (χ2n) is 11.3. The van der Waals surface area contributed by atoms with Crippen molar-refractivity contribution in [3.05, 3.63) is 143 Å². The van der Waals surface area contributed by atoms with E-state index in [0.29, 0.717) is 17.8 Å². The number of nitrogens with zero attached hydrogens (tertiary/aromatic N) is 2. The van der Waals surface area contributed by atoms with Crippen molar-refractivity contribution in [3.63, 3.8) is 0 Å². The maximum atomic E-state index is 5.61. The molecular weight excluding hydrogens is 675 g/mol. The number of benzene rings is 4. The Labute approximate surface area is 272 Å². The van der Waals surface area contributed by atoms with Gasteiger partial charge in [0.2, 0.25) is 0 Å². The fourth-order valence-corrected chi connectivity index (χ4v) is 5.49. The van der Waals surface area contributed by atoms with E-state index in [1.54, 1.807) is 6.92 Å². The van der Waals surface area contributed by atoms with Crippen molar-refractivity contribution in [2.24, 2.45) is 0 Å². The Morgan fingerprint density at radius 2 is 1.17 bits per heavy atom. The topological polar surface area (TPSA) is 27.0 Å². The summed E-state index contributed by atoms with van der Waals surface area (Å²) >= 11 is 0. The van der Waals surface area contributed by atoms with Crippen LogP contribution in [-0.2, 0) is 25.8 Å². The van der Waals surface area contributed by atoms with Crippen LogP contribution in [0.25, 0.3) is 27.3 Å². The molecule has 0 fully saturated rings. The molecule has 1 atom stereocenters. The zero-order chi connectivity index (χ0) is 29.5. The average Bonchev–Trinajstić information content (AvgIpc) is 3.00. The van der Waals surface area contributed by atoms with Gasteiger partial charge in [-0.05, 0) is 41.1 Å². The van der Waals surface area contributed by atoms with Gasteiger partial charge in [0, 0.05) is 31.5 Å². The summed E-state index contributed by atoms with van der Waals surface area (Å²) < 4.78 is 0. The molecule has 0 spiro atoms. The monoisotopic (exact) mass is 719 g/mol. The van der Waals surface area contributed by atoms with Gasteiger partial charge in [-0.3, -0.25) is 0 Å². The van der Waals surface area contributed by atoms with Crippen molar-refractivity contribution in [1.82, 2.24) is 4.98 Å². The number of aromatic nitrogens is 1. The molecular formula is C39H43HfN2-3. The van der Waals surface area contributed by atoms with E-state index in [9.17, 15) is 0 Å². The summed E-state index contributed by atoms with van der Waals surface area (Å²) in [5, 5.41) is 7.96. The predicted octanol–water partition coefficient (Wildman–Crippen LogP) is 11.7. The molecule has 3 heteroatoms. The molecule has 0 amide bonds. The van der Waals surface area contributed by atoms with Crippen molar-refractivity contribution in [3.8, 4) is 11.3 Å². The van der Waals surface area contributed by atoms with Crippen LogP contribution in [0.4, 0.5) is 5.69 Å². The van der Waals surface area contributed by atoms with Crippen LogP contribution in [0, 0.1) is 13.0 Å². The van der Waals surface area contributed by atoms with Crippen molar-refractivity contribution in [1.29, 1.82) is 0 Å². The van der Waals surface area contributed by atoms with Crippen LogP contribution in [0.3, 0.4) is 0 Å². The second-order valence-corrected chi connectivity index (χ2v) is 11.3. The molecule has 0 N–H and O–H groups in total.